The highest BCUT2D eigenvalue weighted by atomic mass is 16.5. The van der Waals surface area contributed by atoms with E-state index in [1.54, 1.807) is 12.5 Å². The summed E-state index contributed by atoms with van der Waals surface area (Å²) in [5.74, 6) is -1.25. The molecule has 2 aromatic carbocycles. The molecule has 1 saturated heterocycles. The zero-order chi connectivity index (χ0) is 29.2. The minimum atomic E-state index is -1.01. The Bertz CT molecular complexity index is 1340. The second kappa shape index (κ2) is 14.4. The van der Waals surface area contributed by atoms with Crippen molar-refractivity contribution in [2.24, 2.45) is 0 Å². The molecule has 11 heteroatoms. The van der Waals surface area contributed by atoms with Gasteiger partial charge >= 0.3 is 5.97 Å². The van der Waals surface area contributed by atoms with Crippen LogP contribution >= 0.6 is 0 Å². The van der Waals surface area contributed by atoms with Crippen LogP contribution in [0.3, 0.4) is 0 Å². The van der Waals surface area contributed by atoms with Crippen molar-refractivity contribution in [1.29, 1.82) is 0 Å². The minimum absolute atomic E-state index is 0.00343. The molecule has 4 rings (SSSR count). The topological polar surface area (TPSA) is 137 Å². The van der Waals surface area contributed by atoms with Gasteiger partial charge in [0.2, 0.25) is 17.7 Å². The molecule has 0 spiro atoms. The average molecular weight is 563 g/mol. The molecular formula is C30H38N6O5. The first kappa shape index (κ1) is 29.7. The summed E-state index contributed by atoms with van der Waals surface area (Å²) in [7, 11) is 1.24. The number of H-pyrrole nitrogens is 1. The summed E-state index contributed by atoms with van der Waals surface area (Å²) in [6, 6.07) is 13.1. The summed E-state index contributed by atoms with van der Waals surface area (Å²) in [6.45, 7) is 2.94. The number of methoxy groups -OCH3 is 1. The Kier molecular flexibility index (Phi) is 10.4. The Balaban J connectivity index is 1.49. The Hall–Kier alpha value is -4.25. The normalized spacial score (nSPS) is 15.6. The first-order valence-corrected chi connectivity index (χ1v) is 13.9. The number of aryl methyl sites for hydroxylation is 1. The number of hydrogen-bond donors (Lipinski definition) is 3. The Morgan fingerprint density at radius 1 is 1.17 bits per heavy atom. The molecule has 0 aliphatic carbocycles. The van der Waals surface area contributed by atoms with Crippen molar-refractivity contribution in [1.82, 2.24) is 30.4 Å². The highest BCUT2D eigenvalue weighted by Gasteiger charge is 2.31. The van der Waals surface area contributed by atoms with E-state index in [1.165, 1.54) is 14.0 Å². The number of aromatic nitrogens is 2. The number of nitrogens with one attached hydrogen (secondary N) is 3. The Morgan fingerprint density at radius 2 is 1.98 bits per heavy atom. The maximum Gasteiger partial charge on any atom is 0.330 e. The lowest BCUT2D eigenvalue weighted by molar-refractivity contribution is -0.145. The Labute approximate surface area is 239 Å². The van der Waals surface area contributed by atoms with Gasteiger partial charge < -0.3 is 25.3 Å². The molecule has 41 heavy (non-hydrogen) atoms. The predicted octanol–water partition coefficient (Wildman–Crippen LogP) is 1.78. The van der Waals surface area contributed by atoms with Gasteiger partial charge in [-0.3, -0.25) is 19.3 Å². The molecule has 3 amide bonds. The van der Waals surface area contributed by atoms with Gasteiger partial charge in [-0.05, 0) is 35.6 Å². The van der Waals surface area contributed by atoms with Crippen molar-refractivity contribution < 1.29 is 23.9 Å². The molecule has 0 unspecified atom stereocenters. The number of imidazole rings is 1. The van der Waals surface area contributed by atoms with Crippen LogP contribution in [0.4, 0.5) is 0 Å². The van der Waals surface area contributed by atoms with Crippen LogP contribution in [0.2, 0.25) is 0 Å². The van der Waals surface area contributed by atoms with Gasteiger partial charge in [0.25, 0.3) is 0 Å². The first-order valence-electron chi connectivity index (χ1n) is 13.9. The van der Waals surface area contributed by atoms with Gasteiger partial charge in [-0.2, -0.15) is 0 Å². The van der Waals surface area contributed by atoms with Crippen molar-refractivity contribution in [3.8, 4) is 0 Å². The van der Waals surface area contributed by atoms with Crippen molar-refractivity contribution in [3.63, 3.8) is 0 Å². The lowest BCUT2D eigenvalue weighted by Crippen LogP contribution is -2.52. The van der Waals surface area contributed by atoms with Crippen LogP contribution < -0.4 is 10.6 Å². The molecule has 1 fully saturated rings. The fraction of sp³-hybridized carbons (Fsp3) is 0.433. The van der Waals surface area contributed by atoms with Crippen LogP contribution in [0.15, 0.2) is 55.0 Å². The summed E-state index contributed by atoms with van der Waals surface area (Å²) in [5.41, 5.74) is 1.98. The molecule has 0 radical (unpaired) electrons. The molecule has 11 nitrogen and oxygen atoms in total. The highest BCUT2D eigenvalue weighted by Crippen LogP contribution is 2.23. The van der Waals surface area contributed by atoms with Crippen LogP contribution in [0.5, 0.6) is 0 Å². The largest absolute Gasteiger partial charge is 0.467 e. The summed E-state index contributed by atoms with van der Waals surface area (Å²) in [4.78, 5) is 61.1. The van der Waals surface area contributed by atoms with Crippen LogP contribution in [0, 0.1) is 0 Å². The minimum Gasteiger partial charge on any atom is -0.467 e. The van der Waals surface area contributed by atoms with Gasteiger partial charge in [-0.1, -0.05) is 42.5 Å². The van der Waals surface area contributed by atoms with Crippen molar-refractivity contribution in [2.45, 2.75) is 51.2 Å². The number of nitrogens with zero attached hydrogens (tertiary/aromatic N) is 3. The molecule has 3 aromatic rings. The summed E-state index contributed by atoms with van der Waals surface area (Å²) in [5, 5.41) is 7.47. The molecule has 2 heterocycles. The number of likely N-dealkylation sites (tertiary alicyclic amines) is 1. The molecule has 218 valence electrons. The van der Waals surface area contributed by atoms with E-state index in [1.807, 2.05) is 34.1 Å². The van der Waals surface area contributed by atoms with Crippen LogP contribution in [-0.2, 0) is 36.9 Å². The second-order valence-corrected chi connectivity index (χ2v) is 10.3. The van der Waals surface area contributed by atoms with E-state index in [-0.39, 0.29) is 36.9 Å². The van der Waals surface area contributed by atoms with Crippen molar-refractivity contribution >= 4 is 34.5 Å². The van der Waals surface area contributed by atoms with Gasteiger partial charge in [-0.15, -0.1) is 0 Å². The molecule has 2 atom stereocenters. The maximum absolute atomic E-state index is 13.2. The summed E-state index contributed by atoms with van der Waals surface area (Å²) >= 11 is 0. The molecule has 0 bridgehead atoms. The second-order valence-electron chi connectivity index (χ2n) is 10.3. The number of rotatable bonds is 13. The van der Waals surface area contributed by atoms with Gasteiger partial charge in [0.15, 0.2) is 0 Å². The lowest BCUT2D eigenvalue weighted by Gasteiger charge is -2.31. The fourth-order valence-corrected chi connectivity index (χ4v) is 5.34. The number of esters is 1. The van der Waals surface area contributed by atoms with Gasteiger partial charge in [-0.25, -0.2) is 9.78 Å². The molecule has 0 saturated carbocycles. The van der Waals surface area contributed by atoms with E-state index in [2.05, 4.69) is 38.8 Å². The lowest BCUT2D eigenvalue weighted by atomic mass is 10.0. The van der Waals surface area contributed by atoms with Gasteiger partial charge in [0, 0.05) is 57.5 Å². The third-order valence-corrected chi connectivity index (χ3v) is 7.35. The quantitative estimate of drug-likeness (QED) is 0.270. The van der Waals surface area contributed by atoms with Crippen LogP contribution in [-0.4, -0.2) is 88.8 Å². The molecular weight excluding hydrogens is 524 g/mol. The average Bonchev–Trinajstić information content (AvgIpc) is 3.66. The number of aromatic amines is 1. The Morgan fingerprint density at radius 3 is 2.73 bits per heavy atom. The molecule has 1 aliphatic rings. The first-order chi connectivity index (χ1) is 19.8. The van der Waals surface area contributed by atoms with E-state index in [0.717, 1.165) is 34.9 Å². The predicted molar refractivity (Wildman–Crippen MR) is 153 cm³/mol. The number of carbonyl (C=O) groups excluding carboxylic acids is 4. The molecule has 1 aliphatic heterocycles. The third kappa shape index (κ3) is 8.37. The summed E-state index contributed by atoms with van der Waals surface area (Å²) in [6.07, 6.45) is 6.05. The number of hydrogen-bond acceptors (Lipinski definition) is 7. The van der Waals surface area contributed by atoms with Gasteiger partial charge in [0.1, 0.15) is 6.04 Å². The summed E-state index contributed by atoms with van der Waals surface area (Å²) < 4.78 is 4.82. The molecule has 1 aromatic heterocycles. The molecule has 3 N–H and O–H groups in total. The van der Waals surface area contributed by atoms with Crippen molar-refractivity contribution in [3.05, 3.63) is 66.2 Å². The number of benzene rings is 2. The third-order valence-electron chi connectivity index (χ3n) is 7.35. The zero-order valence-electron chi connectivity index (χ0n) is 23.6. The van der Waals surface area contributed by atoms with E-state index in [4.69, 9.17) is 4.74 Å². The van der Waals surface area contributed by atoms with E-state index < -0.39 is 12.0 Å². The smallest absolute Gasteiger partial charge is 0.330 e. The standard InChI is InChI=1S/C30H38N6O5/c1-21(37)32-16-27(30(40)41-2)34-28(38)19-35(17-23-9-5-8-22-7-3-4-11-26(22)23)18-25-10-6-14-36(25)29(39)13-12-24-15-31-20-33-24/h3-5,7-9,11,15,20,25,27H,6,10,12-14,16-19H2,1-2H3,(H,31,33)(H,32,37)(H,34,38)/t25-,27-/m0/s1. The highest BCUT2D eigenvalue weighted by molar-refractivity contribution is 5.87. The van der Waals surface area contributed by atoms with E-state index >= 15 is 0 Å². The van der Waals surface area contributed by atoms with Crippen LogP contribution in [0.25, 0.3) is 10.8 Å². The van der Waals surface area contributed by atoms with E-state index in [9.17, 15) is 19.2 Å². The van der Waals surface area contributed by atoms with Crippen LogP contribution in [0.1, 0.15) is 37.4 Å². The number of fused-ring (bicyclic) bond motifs is 1. The number of carbonyl (C=O) groups is 4. The fourth-order valence-electron chi connectivity index (χ4n) is 5.34. The number of amides is 3. The van der Waals surface area contributed by atoms with Gasteiger partial charge in [0.05, 0.1) is 20.0 Å². The zero-order valence-corrected chi connectivity index (χ0v) is 23.6. The monoisotopic (exact) mass is 562 g/mol. The SMILES string of the molecule is COC(=O)[C@H](CNC(C)=O)NC(=O)CN(Cc1cccc2ccccc12)C[C@@H]1CCCN1C(=O)CCc1cnc[nH]1. The maximum atomic E-state index is 13.2. The van der Waals surface area contributed by atoms with Crippen molar-refractivity contribution in [2.75, 3.05) is 33.3 Å². The number of ether oxygens (including phenoxy) is 1. The van der Waals surface area contributed by atoms with E-state index in [0.29, 0.717) is 32.5 Å².